The number of amides is 2. The number of hydrogen-bond donors (Lipinski definition) is 4. The molecule has 0 fully saturated rings. The van der Waals surface area contributed by atoms with E-state index in [1.165, 1.54) is 0 Å². The molecule has 1 rings (SSSR count). The summed E-state index contributed by atoms with van der Waals surface area (Å²) in [6.45, 7) is -0.804. The van der Waals surface area contributed by atoms with Gasteiger partial charge in [0.05, 0.1) is 24.6 Å². The summed E-state index contributed by atoms with van der Waals surface area (Å²) in [5.74, 6) is 0. The van der Waals surface area contributed by atoms with E-state index >= 15 is 0 Å². The van der Waals surface area contributed by atoms with E-state index in [1.54, 1.807) is 24.3 Å². The molecule has 0 bridgehead atoms. The molecule has 0 aliphatic heterocycles. The van der Waals surface area contributed by atoms with E-state index < -0.39 is 12.2 Å². The van der Waals surface area contributed by atoms with E-state index in [4.69, 9.17) is 10.2 Å². The van der Waals surface area contributed by atoms with E-state index in [9.17, 15) is 9.59 Å². The number of ether oxygens (including phenoxy) is 2. The van der Waals surface area contributed by atoms with Crippen molar-refractivity contribution in [2.75, 3.05) is 37.1 Å². The SMILES string of the molecule is O=C(Nc1ccccc1NC(=O)OCCO)OCCO. The fourth-order valence-electron chi connectivity index (χ4n) is 1.27. The molecule has 4 N–H and O–H groups in total. The molecule has 0 atom stereocenters. The van der Waals surface area contributed by atoms with Crippen LogP contribution in [-0.2, 0) is 9.47 Å². The number of aliphatic hydroxyl groups is 2. The third kappa shape index (κ3) is 5.55. The van der Waals surface area contributed by atoms with Crippen molar-refractivity contribution in [3.8, 4) is 0 Å². The number of para-hydroxylation sites is 2. The van der Waals surface area contributed by atoms with Crippen molar-refractivity contribution in [3.05, 3.63) is 24.3 Å². The largest absolute Gasteiger partial charge is 0.447 e. The van der Waals surface area contributed by atoms with Gasteiger partial charge >= 0.3 is 12.2 Å². The minimum atomic E-state index is -0.753. The van der Waals surface area contributed by atoms with Crippen molar-refractivity contribution in [1.29, 1.82) is 0 Å². The van der Waals surface area contributed by atoms with Crippen molar-refractivity contribution in [3.63, 3.8) is 0 Å². The molecule has 1 aromatic carbocycles. The van der Waals surface area contributed by atoms with Gasteiger partial charge in [-0.1, -0.05) is 12.1 Å². The number of anilines is 2. The van der Waals surface area contributed by atoms with Gasteiger partial charge < -0.3 is 19.7 Å². The van der Waals surface area contributed by atoms with Gasteiger partial charge in [-0.3, -0.25) is 10.6 Å². The lowest BCUT2D eigenvalue weighted by molar-refractivity contribution is 0.130. The Labute approximate surface area is 115 Å². The fraction of sp³-hybridized carbons (Fsp3) is 0.333. The Morgan fingerprint density at radius 1 is 0.900 bits per heavy atom. The molecule has 0 spiro atoms. The lowest BCUT2D eigenvalue weighted by Crippen LogP contribution is -2.19. The minimum Gasteiger partial charge on any atom is -0.447 e. The van der Waals surface area contributed by atoms with Crippen LogP contribution in [0.25, 0.3) is 0 Å². The number of carbonyl (C=O) groups is 2. The fourth-order valence-corrected chi connectivity index (χ4v) is 1.27. The molecule has 2 amide bonds. The number of carbonyl (C=O) groups excluding carboxylic acids is 2. The van der Waals surface area contributed by atoms with Crippen LogP contribution in [-0.4, -0.2) is 48.8 Å². The maximum Gasteiger partial charge on any atom is 0.411 e. The Kier molecular flexibility index (Phi) is 6.87. The quantitative estimate of drug-likeness (QED) is 0.613. The Morgan fingerprint density at radius 2 is 1.30 bits per heavy atom. The van der Waals surface area contributed by atoms with E-state index in [1.807, 2.05) is 0 Å². The average Bonchev–Trinajstić information content (AvgIpc) is 2.45. The normalized spacial score (nSPS) is 9.70. The molecule has 0 saturated carbocycles. The number of nitrogens with one attached hydrogen (secondary N) is 2. The molecule has 0 unspecified atom stereocenters. The highest BCUT2D eigenvalue weighted by atomic mass is 16.6. The summed E-state index contributed by atoms with van der Waals surface area (Å²) in [6, 6.07) is 6.43. The Balaban J connectivity index is 2.63. The lowest BCUT2D eigenvalue weighted by atomic mass is 10.2. The van der Waals surface area contributed by atoms with Crippen molar-refractivity contribution in [2.45, 2.75) is 0 Å². The molecule has 0 saturated heterocycles. The van der Waals surface area contributed by atoms with E-state index in [-0.39, 0.29) is 26.4 Å². The van der Waals surface area contributed by atoms with Gasteiger partial charge in [0.1, 0.15) is 13.2 Å². The van der Waals surface area contributed by atoms with Crippen LogP contribution in [0.4, 0.5) is 21.0 Å². The van der Waals surface area contributed by atoms with Gasteiger partial charge in [0.15, 0.2) is 0 Å². The molecule has 0 heterocycles. The third-order valence-electron chi connectivity index (χ3n) is 2.05. The van der Waals surface area contributed by atoms with Crippen molar-refractivity contribution >= 4 is 23.6 Å². The number of hydrogen-bond acceptors (Lipinski definition) is 6. The molecule has 1 aromatic rings. The maximum absolute atomic E-state index is 11.4. The molecular weight excluding hydrogens is 268 g/mol. The smallest absolute Gasteiger partial charge is 0.411 e. The zero-order valence-electron chi connectivity index (χ0n) is 10.7. The molecule has 20 heavy (non-hydrogen) atoms. The molecule has 8 heteroatoms. The van der Waals surface area contributed by atoms with Crippen LogP contribution in [0.5, 0.6) is 0 Å². The second-order valence-corrected chi connectivity index (χ2v) is 3.51. The first-order chi connectivity index (χ1) is 9.67. The van der Waals surface area contributed by atoms with Crippen LogP contribution in [0.1, 0.15) is 0 Å². The van der Waals surface area contributed by atoms with E-state index in [2.05, 4.69) is 20.1 Å². The second kappa shape index (κ2) is 8.73. The van der Waals surface area contributed by atoms with Gasteiger partial charge in [0.2, 0.25) is 0 Å². The standard InChI is InChI=1S/C12H16N2O6/c15-5-7-19-11(17)13-9-3-1-2-4-10(9)14-12(18)20-8-6-16/h1-4,15-16H,5-8H2,(H,13,17)(H,14,18). The zero-order valence-corrected chi connectivity index (χ0v) is 10.7. The van der Waals surface area contributed by atoms with Gasteiger partial charge in [-0.25, -0.2) is 9.59 Å². The summed E-state index contributed by atoms with van der Waals surface area (Å²) >= 11 is 0. The Morgan fingerprint density at radius 3 is 1.65 bits per heavy atom. The summed E-state index contributed by atoms with van der Waals surface area (Å²) in [5.41, 5.74) is 0.632. The highest BCUT2D eigenvalue weighted by Gasteiger charge is 2.10. The summed E-state index contributed by atoms with van der Waals surface area (Å²) in [5, 5.41) is 21.9. The van der Waals surface area contributed by atoms with Crippen LogP contribution >= 0.6 is 0 Å². The molecule has 0 aliphatic carbocycles. The number of rotatable bonds is 6. The van der Waals surface area contributed by atoms with Crippen LogP contribution in [0.3, 0.4) is 0 Å². The van der Waals surface area contributed by atoms with Crippen LogP contribution in [0.15, 0.2) is 24.3 Å². The van der Waals surface area contributed by atoms with Gasteiger partial charge in [-0.2, -0.15) is 0 Å². The van der Waals surface area contributed by atoms with Gasteiger partial charge in [0.25, 0.3) is 0 Å². The first kappa shape index (κ1) is 15.7. The molecule has 8 nitrogen and oxygen atoms in total. The molecule has 0 aliphatic rings. The van der Waals surface area contributed by atoms with Gasteiger partial charge in [-0.05, 0) is 12.1 Å². The van der Waals surface area contributed by atoms with Crippen LogP contribution < -0.4 is 10.6 Å². The molecule has 110 valence electrons. The Bertz CT molecular complexity index is 410. The van der Waals surface area contributed by atoms with E-state index in [0.717, 1.165) is 0 Å². The second-order valence-electron chi connectivity index (χ2n) is 3.51. The monoisotopic (exact) mass is 284 g/mol. The highest BCUT2D eigenvalue weighted by molar-refractivity contribution is 5.95. The third-order valence-corrected chi connectivity index (χ3v) is 2.05. The predicted octanol–water partition coefficient (Wildman–Crippen LogP) is 0.768. The molecule has 0 radical (unpaired) electrons. The lowest BCUT2D eigenvalue weighted by Gasteiger charge is -2.12. The number of benzene rings is 1. The van der Waals surface area contributed by atoms with Gasteiger partial charge in [-0.15, -0.1) is 0 Å². The summed E-state index contributed by atoms with van der Waals surface area (Å²) < 4.78 is 9.29. The van der Waals surface area contributed by atoms with Crippen molar-refractivity contribution in [2.24, 2.45) is 0 Å². The van der Waals surface area contributed by atoms with Crippen LogP contribution in [0, 0.1) is 0 Å². The molecule has 0 aromatic heterocycles. The van der Waals surface area contributed by atoms with Gasteiger partial charge in [0, 0.05) is 0 Å². The average molecular weight is 284 g/mol. The summed E-state index contributed by atoms with van der Waals surface area (Å²) in [7, 11) is 0. The van der Waals surface area contributed by atoms with Crippen molar-refractivity contribution in [1.82, 2.24) is 0 Å². The zero-order chi connectivity index (χ0) is 14.8. The predicted molar refractivity (Wildman–Crippen MR) is 70.6 cm³/mol. The molecular formula is C12H16N2O6. The maximum atomic E-state index is 11.4. The topological polar surface area (TPSA) is 117 Å². The Hall–Kier alpha value is -2.32. The van der Waals surface area contributed by atoms with Crippen LogP contribution in [0.2, 0.25) is 0 Å². The number of aliphatic hydroxyl groups excluding tert-OH is 2. The summed E-state index contributed by atoms with van der Waals surface area (Å²) in [4.78, 5) is 22.7. The first-order valence-corrected chi connectivity index (χ1v) is 5.85. The minimum absolute atomic E-state index is 0.125. The highest BCUT2D eigenvalue weighted by Crippen LogP contribution is 2.21. The first-order valence-electron chi connectivity index (χ1n) is 5.85. The van der Waals surface area contributed by atoms with E-state index in [0.29, 0.717) is 11.4 Å². The van der Waals surface area contributed by atoms with Crippen molar-refractivity contribution < 1.29 is 29.3 Å². The summed E-state index contributed by atoms with van der Waals surface area (Å²) in [6.07, 6.45) is -1.51.